The molecule has 1 aliphatic carbocycles. The summed E-state index contributed by atoms with van der Waals surface area (Å²) in [6, 6.07) is 6.03. The minimum atomic E-state index is -0.275. The van der Waals surface area contributed by atoms with Gasteiger partial charge in [0, 0.05) is 18.2 Å². The molecule has 0 aromatic heterocycles. The molecule has 0 N–H and O–H groups in total. The van der Waals surface area contributed by atoms with E-state index in [-0.39, 0.29) is 24.3 Å². The summed E-state index contributed by atoms with van der Waals surface area (Å²) >= 11 is 0. The molecule has 108 valence electrons. The minimum absolute atomic E-state index is 0.0134. The van der Waals surface area contributed by atoms with Gasteiger partial charge in [-0.15, -0.1) is 0 Å². The summed E-state index contributed by atoms with van der Waals surface area (Å²) in [6.07, 6.45) is 2.30. The Bertz CT molecular complexity index is 520. The zero-order valence-electron chi connectivity index (χ0n) is 12.3. The number of amides is 1. The fourth-order valence-corrected chi connectivity index (χ4v) is 2.19. The first-order chi connectivity index (χ1) is 9.52. The molecule has 0 aliphatic heterocycles. The van der Waals surface area contributed by atoms with Gasteiger partial charge in [-0.1, -0.05) is 6.07 Å². The van der Waals surface area contributed by atoms with Gasteiger partial charge in [-0.2, -0.15) is 0 Å². The van der Waals surface area contributed by atoms with Crippen molar-refractivity contribution in [1.29, 1.82) is 0 Å². The summed E-state index contributed by atoms with van der Waals surface area (Å²) in [5.74, 6) is -0.261. The van der Waals surface area contributed by atoms with Crippen LogP contribution in [0.25, 0.3) is 0 Å². The third-order valence-corrected chi connectivity index (χ3v) is 3.79. The van der Waals surface area contributed by atoms with Crippen LogP contribution in [0.5, 0.6) is 0 Å². The summed E-state index contributed by atoms with van der Waals surface area (Å²) in [5.41, 5.74) is 2.98. The molecule has 4 heteroatoms. The highest BCUT2D eigenvalue weighted by atomic mass is 16.5. The van der Waals surface area contributed by atoms with Gasteiger partial charge in [-0.05, 0) is 49.9 Å². The Morgan fingerprint density at radius 3 is 2.50 bits per heavy atom. The maximum absolute atomic E-state index is 12.6. The van der Waals surface area contributed by atoms with E-state index in [2.05, 4.69) is 4.74 Å². The molecular formula is C16H21NO3. The van der Waals surface area contributed by atoms with Crippen LogP contribution in [-0.2, 0) is 9.53 Å². The number of aryl methyl sites for hydroxylation is 2. The van der Waals surface area contributed by atoms with Crippen LogP contribution in [0.15, 0.2) is 18.2 Å². The molecule has 1 aromatic rings. The summed E-state index contributed by atoms with van der Waals surface area (Å²) in [7, 11) is 1.37. The summed E-state index contributed by atoms with van der Waals surface area (Å²) in [4.78, 5) is 25.6. The quantitative estimate of drug-likeness (QED) is 0.776. The smallest absolute Gasteiger partial charge is 0.307 e. The highest BCUT2D eigenvalue weighted by Gasteiger charge is 2.33. The second-order valence-electron chi connectivity index (χ2n) is 5.35. The van der Waals surface area contributed by atoms with Crippen molar-refractivity contribution in [1.82, 2.24) is 4.90 Å². The monoisotopic (exact) mass is 275 g/mol. The van der Waals surface area contributed by atoms with Crippen LogP contribution < -0.4 is 0 Å². The van der Waals surface area contributed by atoms with Gasteiger partial charge in [0.05, 0.1) is 13.5 Å². The Morgan fingerprint density at radius 2 is 1.95 bits per heavy atom. The maximum Gasteiger partial charge on any atom is 0.307 e. The lowest BCUT2D eigenvalue weighted by Gasteiger charge is -2.22. The molecule has 0 radical (unpaired) electrons. The second-order valence-corrected chi connectivity index (χ2v) is 5.35. The first-order valence-electron chi connectivity index (χ1n) is 6.98. The minimum Gasteiger partial charge on any atom is -0.469 e. The molecule has 1 aromatic carbocycles. The summed E-state index contributed by atoms with van der Waals surface area (Å²) in [5, 5.41) is 0. The molecule has 1 amide bonds. The van der Waals surface area contributed by atoms with Crippen LogP contribution in [0.3, 0.4) is 0 Å². The number of carbonyl (C=O) groups is 2. The Kier molecular flexibility index (Phi) is 4.42. The van der Waals surface area contributed by atoms with Crippen molar-refractivity contribution in [3.63, 3.8) is 0 Å². The van der Waals surface area contributed by atoms with Crippen molar-refractivity contribution in [2.24, 2.45) is 0 Å². The molecule has 4 nitrogen and oxygen atoms in total. The highest BCUT2D eigenvalue weighted by molar-refractivity contribution is 5.95. The SMILES string of the molecule is COC(=O)CCN(C(=O)c1ccc(C)c(C)c1)C1CC1. The lowest BCUT2D eigenvalue weighted by Crippen LogP contribution is -2.35. The van der Waals surface area contributed by atoms with Crippen molar-refractivity contribution in [2.45, 2.75) is 39.2 Å². The fourth-order valence-electron chi connectivity index (χ4n) is 2.19. The van der Waals surface area contributed by atoms with Gasteiger partial charge in [0.25, 0.3) is 5.91 Å². The first-order valence-corrected chi connectivity index (χ1v) is 6.98. The molecule has 0 spiro atoms. The van der Waals surface area contributed by atoms with Crippen molar-refractivity contribution in [2.75, 3.05) is 13.7 Å². The molecule has 1 fully saturated rings. The number of esters is 1. The Balaban J connectivity index is 2.10. The lowest BCUT2D eigenvalue weighted by molar-refractivity contribution is -0.140. The number of hydrogen-bond acceptors (Lipinski definition) is 3. The number of carbonyl (C=O) groups excluding carboxylic acids is 2. The number of rotatable bonds is 5. The molecule has 20 heavy (non-hydrogen) atoms. The van der Waals surface area contributed by atoms with Crippen LogP contribution in [0, 0.1) is 13.8 Å². The zero-order valence-corrected chi connectivity index (χ0v) is 12.3. The Hall–Kier alpha value is -1.84. The van der Waals surface area contributed by atoms with E-state index in [0.29, 0.717) is 12.1 Å². The van der Waals surface area contributed by atoms with Crippen LogP contribution >= 0.6 is 0 Å². The third-order valence-electron chi connectivity index (χ3n) is 3.79. The maximum atomic E-state index is 12.6. The van der Waals surface area contributed by atoms with Crippen LogP contribution in [0.1, 0.15) is 40.7 Å². The van der Waals surface area contributed by atoms with E-state index >= 15 is 0 Å². The predicted octanol–water partition coefficient (Wildman–Crippen LogP) is 2.47. The molecule has 0 heterocycles. The standard InChI is InChI=1S/C16H21NO3/c1-11-4-5-13(10-12(11)2)16(19)17(14-6-7-14)9-8-15(18)20-3/h4-5,10,14H,6-9H2,1-3H3. The Labute approximate surface area is 119 Å². The predicted molar refractivity (Wildman–Crippen MR) is 76.6 cm³/mol. The molecular weight excluding hydrogens is 254 g/mol. The van der Waals surface area contributed by atoms with E-state index in [1.165, 1.54) is 12.7 Å². The first kappa shape index (κ1) is 14.6. The molecule has 1 aliphatic rings. The van der Waals surface area contributed by atoms with Gasteiger partial charge >= 0.3 is 5.97 Å². The summed E-state index contributed by atoms with van der Waals surface area (Å²) in [6.45, 7) is 4.46. The Morgan fingerprint density at radius 1 is 1.25 bits per heavy atom. The van der Waals surface area contributed by atoms with Crippen LogP contribution in [0.4, 0.5) is 0 Å². The summed E-state index contributed by atoms with van der Waals surface area (Å²) < 4.78 is 4.64. The van der Waals surface area contributed by atoms with Gasteiger partial charge in [-0.25, -0.2) is 0 Å². The van der Waals surface area contributed by atoms with Crippen LogP contribution in [-0.4, -0.2) is 36.5 Å². The van der Waals surface area contributed by atoms with E-state index in [4.69, 9.17) is 0 Å². The fraction of sp³-hybridized carbons (Fsp3) is 0.500. The molecule has 0 atom stereocenters. The largest absolute Gasteiger partial charge is 0.469 e. The third kappa shape index (κ3) is 3.38. The molecule has 2 rings (SSSR count). The van der Waals surface area contributed by atoms with E-state index in [0.717, 1.165) is 18.4 Å². The number of hydrogen-bond donors (Lipinski definition) is 0. The topological polar surface area (TPSA) is 46.6 Å². The van der Waals surface area contributed by atoms with E-state index in [1.807, 2.05) is 32.0 Å². The van der Waals surface area contributed by atoms with Gasteiger partial charge in [-0.3, -0.25) is 9.59 Å². The number of benzene rings is 1. The molecule has 1 saturated carbocycles. The number of ether oxygens (including phenoxy) is 1. The van der Waals surface area contributed by atoms with Crippen molar-refractivity contribution in [3.8, 4) is 0 Å². The number of nitrogens with zero attached hydrogens (tertiary/aromatic N) is 1. The number of methoxy groups -OCH3 is 1. The zero-order chi connectivity index (χ0) is 14.7. The van der Waals surface area contributed by atoms with Crippen LogP contribution in [0.2, 0.25) is 0 Å². The van der Waals surface area contributed by atoms with Crippen molar-refractivity contribution >= 4 is 11.9 Å². The normalized spacial score (nSPS) is 13.9. The van der Waals surface area contributed by atoms with E-state index < -0.39 is 0 Å². The van der Waals surface area contributed by atoms with Crippen molar-refractivity contribution < 1.29 is 14.3 Å². The van der Waals surface area contributed by atoms with E-state index in [1.54, 1.807) is 4.90 Å². The molecule has 0 saturated heterocycles. The van der Waals surface area contributed by atoms with Crippen molar-refractivity contribution in [3.05, 3.63) is 34.9 Å². The van der Waals surface area contributed by atoms with Gasteiger partial charge in [0.1, 0.15) is 0 Å². The highest BCUT2D eigenvalue weighted by Crippen LogP contribution is 2.28. The van der Waals surface area contributed by atoms with E-state index in [9.17, 15) is 9.59 Å². The average molecular weight is 275 g/mol. The molecule has 0 bridgehead atoms. The van der Waals surface area contributed by atoms with Gasteiger partial charge in [0.15, 0.2) is 0 Å². The second kappa shape index (κ2) is 6.07. The molecule has 0 unspecified atom stereocenters. The van der Waals surface area contributed by atoms with Gasteiger partial charge < -0.3 is 9.64 Å². The average Bonchev–Trinajstić information content (AvgIpc) is 3.26. The van der Waals surface area contributed by atoms with Gasteiger partial charge in [0.2, 0.25) is 0 Å². The lowest BCUT2D eigenvalue weighted by atomic mass is 10.1.